The monoisotopic (exact) mass is 227 g/mol. The summed E-state index contributed by atoms with van der Waals surface area (Å²) < 4.78 is 0. The molecule has 1 rings (SSSR count). The fraction of sp³-hybridized carbons (Fsp3) is 0.556. The molecule has 0 saturated carbocycles. The zero-order valence-corrected chi connectivity index (χ0v) is 9.22. The van der Waals surface area contributed by atoms with Crippen LogP contribution in [-0.2, 0) is 0 Å². The highest BCUT2D eigenvalue weighted by Crippen LogP contribution is 2.15. The van der Waals surface area contributed by atoms with Crippen LogP contribution in [-0.4, -0.2) is 46.7 Å². The molecule has 0 radical (unpaired) electrons. The van der Waals surface area contributed by atoms with E-state index in [1.54, 1.807) is 11.0 Å². The molecule has 16 heavy (non-hydrogen) atoms. The Kier molecular flexibility index (Phi) is 4.90. The first-order valence-electron chi connectivity index (χ1n) is 5.00. The highest BCUT2D eigenvalue weighted by atomic mass is 16.3. The van der Waals surface area contributed by atoms with Crippen LogP contribution in [0.15, 0.2) is 6.07 Å². The number of hydrogen-bond donors (Lipinski definition) is 4. The fourth-order valence-corrected chi connectivity index (χ4v) is 1.35. The Hall–Kier alpha value is -1.44. The summed E-state index contributed by atoms with van der Waals surface area (Å²) in [6.07, 6.45) is 0. The van der Waals surface area contributed by atoms with Crippen LogP contribution in [0.4, 0.5) is 11.6 Å². The molecule has 7 heteroatoms. The molecule has 5 N–H and O–H groups in total. The summed E-state index contributed by atoms with van der Waals surface area (Å²) in [5, 5.41) is 25.6. The molecule has 90 valence electrons. The van der Waals surface area contributed by atoms with Crippen molar-refractivity contribution in [3.63, 3.8) is 0 Å². The molecular weight excluding hydrogens is 210 g/mol. The van der Waals surface area contributed by atoms with E-state index in [0.717, 1.165) is 5.56 Å². The Bertz CT molecular complexity index is 328. The van der Waals surface area contributed by atoms with Gasteiger partial charge in [0.05, 0.1) is 13.2 Å². The number of aryl methyl sites for hydroxylation is 1. The minimum absolute atomic E-state index is 0.00236. The summed E-state index contributed by atoms with van der Waals surface area (Å²) in [7, 11) is 0. The predicted octanol–water partition coefficient (Wildman–Crippen LogP) is -1.14. The molecule has 7 nitrogen and oxygen atoms in total. The van der Waals surface area contributed by atoms with Crippen LogP contribution in [0, 0.1) is 6.92 Å². The van der Waals surface area contributed by atoms with Gasteiger partial charge in [-0.25, -0.2) is 5.84 Å². The van der Waals surface area contributed by atoms with Gasteiger partial charge >= 0.3 is 0 Å². The maximum atomic E-state index is 8.89. The van der Waals surface area contributed by atoms with Gasteiger partial charge in [-0.2, -0.15) is 0 Å². The van der Waals surface area contributed by atoms with E-state index in [2.05, 4.69) is 15.6 Å². The highest BCUT2D eigenvalue weighted by Gasteiger charge is 2.09. The van der Waals surface area contributed by atoms with E-state index in [1.807, 2.05) is 6.92 Å². The lowest BCUT2D eigenvalue weighted by molar-refractivity contribution is 0.280. The maximum absolute atomic E-state index is 8.89. The third-order valence-electron chi connectivity index (χ3n) is 2.17. The maximum Gasteiger partial charge on any atom is 0.165 e. The number of hydrazine groups is 1. The number of nitrogen functional groups attached to an aromatic ring is 1. The Labute approximate surface area is 93.9 Å². The van der Waals surface area contributed by atoms with Crippen LogP contribution in [0.3, 0.4) is 0 Å². The number of aromatic nitrogens is 2. The van der Waals surface area contributed by atoms with Crippen molar-refractivity contribution in [2.75, 3.05) is 36.6 Å². The van der Waals surface area contributed by atoms with Crippen LogP contribution in [0.5, 0.6) is 0 Å². The van der Waals surface area contributed by atoms with Gasteiger partial charge in [-0.1, -0.05) is 0 Å². The molecule has 0 aliphatic rings. The van der Waals surface area contributed by atoms with Gasteiger partial charge in [-0.15, -0.1) is 10.2 Å². The second-order valence-electron chi connectivity index (χ2n) is 3.31. The molecule has 0 aliphatic heterocycles. The molecule has 0 unspecified atom stereocenters. The minimum Gasteiger partial charge on any atom is -0.395 e. The largest absolute Gasteiger partial charge is 0.395 e. The zero-order valence-electron chi connectivity index (χ0n) is 9.22. The van der Waals surface area contributed by atoms with Crippen LogP contribution in [0.1, 0.15) is 5.56 Å². The number of hydrogen-bond acceptors (Lipinski definition) is 7. The first kappa shape index (κ1) is 12.6. The Balaban J connectivity index is 2.87. The van der Waals surface area contributed by atoms with E-state index in [9.17, 15) is 0 Å². The average molecular weight is 227 g/mol. The van der Waals surface area contributed by atoms with Gasteiger partial charge in [0, 0.05) is 13.1 Å². The third kappa shape index (κ3) is 3.02. The molecule has 1 heterocycles. The summed E-state index contributed by atoms with van der Waals surface area (Å²) in [6, 6.07) is 1.80. The van der Waals surface area contributed by atoms with Crippen molar-refractivity contribution in [1.29, 1.82) is 0 Å². The molecule has 1 aromatic heterocycles. The number of aliphatic hydroxyl groups is 2. The van der Waals surface area contributed by atoms with Crippen molar-refractivity contribution in [3.05, 3.63) is 11.6 Å². The lowest BCUT2D eigenvalue weighted by Crippen LogP contribution is -2.30. The summed E-state index contributed by atoms with van der Waals surface area (Å²) in [5.41, 5.74) is 3.29. The standard InChI is InChI=1S/C9H17N5O2/c1-7-6-8(12-13-9(7)11-10)14(2-4-15)3-5-16/h6,15-16H,2-5,10H2,1H3,(H,11,13). The Morgan fingerprint density at radius 1 is 1.31 bits per heavy atom. The zero-order chi connectivity index (χ0) is 12.0. The van der Waals surface area contributed by atoms with Crippen LogP contribution in [0.25, 0.3) is 0 Å². The topological polar surface area (TPSA) is 108 Å². The SMILES string of the molecule is Cc1cc(N(CCO)CCO)nnc1NN. The van der Waals surface area contributed by atoms with E-state index in [4.69, 9.17) is 16.1 Å². The van der Waals surface area contributed by atoms with Gasteiger partial charge in [-0.3, -0.25) is 0 Å². The van der Waals surface area contributed by atoms with Gasteiger partial charge in [0.15, 0.2) is 11.6 Å². The lowest BCUT2D eigenvalue weighted by atomic mass is 10.3. The number of nitrogens with zero attached hydrogens (tertiary/aromatic N) is 3. The van der Waals surface area contributed by atoms with E-state index >= 15 is 0 Å². The molecular formula is C9H17N5O2. The van der Waals surface area contributed by atoms with E-state index < -0.39 is 0 Å². The van der Waals surface area contributed by atoms with Crippen molar-refractivity contribution in [2.24, 2.45) is 5.84 Å². The summed E-state index contributed by atoms with van der Waals surface area (Å²) in [6.45, 7) is 2.66. The quantitative estimate of drug-likeness (QED) is 0.359. The van der Waals surface area contributed by atoms with Crippen LogP contribution >= 0.6 is 0 Å². The fourth-order valence-electron chi connectivity index (χ4n) is 1.35. The van der Waals surface area contributed by atoms with Crippen LogP contribution < -0.4 is 16.2 Å². The number of rotatable bonds is 6. The lowest BCUT2D eigenvalue weighted by Gasteiger charge is -2.21. The van der Waals surface area contributed by atoms with Crippen molar-refractivity contribution >= 4 is 11.6 Å². The average Bonchev–Trinajstić information content (AvgIpc) is 2.28. The Morgan fingerprint density at radius 3 is 2.38 bits per heavy atom. The summed E-state index contributed by atoms with van der Waals surface area (Å²) in [4.78, 5) is 1.75. The van der Waals surface area contributed by atoms with E-state index in [-0.39, 0.29) is 13.2 Å². The molecule has 0 atom stereocenters. The molecule has 0 saturated heterocycles. The van der Waals surface area contributed by atoms with E-state index in [0.29, 0.717) is 24.7 Å². The van der Waals surface area contributed by atoms with Gasteiger partial charge in [-0.05, 0) is 18.6 Å². The molecule has 0 aliphatic carbocycles. The molecule has 0 fully saturated rings. The first-order valence-corrected chi connectivity index (χ1v) is 5.00. The highest BCUT2D eigenvalue weighted by molar-refractivity contribution is 5.49. The third-order valence-corrected chi connectivity index (χ3v) is 2.17. The first-order chi connectivity index (χ1) is 7.72. The molecule has 0 amide bonds. The molecule has 0 bridgehead atoms. The van der Waals surface area contributed by atoms with E-state index in [1.165, 1.54) is 0 Å². The van der Waals surface area contributed by atoms with Crippen LogP contribution in [0.2, 0.25) is 0 Å². The summed E-state index contributed by atoms with van der Waals surface area (Å²) in [5.74, 6) is 6.37. The minimum atomic E-state index is -0.00236. The molecule has 0 aromatic carbocycles. The van der Waals surface area contributed by atoms with Crippen molar-refractivity contribution in [3.8, 4) is 0 Å². The predicted molar refractivity (Wildman–Crippen MR) is 61.0 cm³/mol. The normalized spacial score (nSPS) is 10.2. The second kappa shape index (κ2) is 6.21. The second-order valence-corrected chi connectivity index (χ2v) is 3.31. The van der Waals surface area contributed by atoms with Crippen molar-refractivity contribution in [1.82, 2.24) is 10.2 Å². The number of aliphatic hydroxyl groups excluding tert-OH is 2. The van der Waals surface area contributed by atoms with Crippen molar-refractivity contribution in [2.45, 2.75) is 6.92 Å². The van der Waals surface area contributed by atoms with Gasteiger partial charge in [0.1, 0.15) is 0 Å². The van der Waals surface area contributed by atoms with Gasteiger partial charge in [0.25, 0.3) is 0 Å². The number of nitrogens with two attached hydrogens (primary N) is 1. The number of anilines is 2. The Morgan fingerprint density at radius 2 is 1.94 bits per heavy atom. The van der Waals surface area contributed by atoms with Gasteiger partial charge in [0.2, 0.25) is 0 Å². The smallest absolute Gasteiger partial charge is 0.165 e. The number of nitrogens with one attached hydrogen (secondary N) is 1. The molecule has 0 spiro atoms. The summed E-state index contributed by atoms with van der Waals surface area (Å²) >= 11 is 0. The van der Waals surface area contributed by atoms with Crippen molar-refractivity contribution < 1.29 is 10.2 Å². The van der Waals surface area contributed by atoms with Gasteiger partial charge < -0.3 is 20.5 Å². The molecule has 1 aromatic rings.